The van der Waals surface area contributed by atoms with Crippen molar-refractivity contribution in [1.29, 1.82) is 0 Å². The normalized spacial score (nSPS) is 22.3. The number of nitrogens with zero attached hydrogens (tertiary/aromatic N) is 2. The van der Waals surface area contributed by atoms with Crippen LogP contribution in [0.15, 0.2) is 0 Å². The number of hydrogen-bond acceptors (Lipinski definition) is 4. The number of rotatable bonds is 4. The van der Waals surface area contributed by atoms with Crippen molar-refractivity contribution in [2.24, 2.45) is 0 Å². The second kappa shape index (κ2) is 6.12. The summed E-state index contributed by atoms with van der Waals surface area (Å²) in [4.78, 5) is 9.75. The highest BCUT2D eigenvalue weighted by atomic mass is 32.2. The van der Waals surface area contributed by atoms with E-state index in [-0.39, 0.29) is 0 Å². The van der Waals surface area contributed by atoms with E-state index in [1.807, 2.05) is 11.8 Å². The van der Waals surface area contributed by atoms with Crippen molar-refractivity contribution in [3.63, 3.8) is 0 Å². The Kier molecular flexibility index (Phi) is 4.26. The van der Waals surface area contributed by atoms with Gasteiger partial charge in [0.2, 0.25) is 0 Å². The Morgan fingerprint density at radius 3 is 2.89 bits per heavy atom. The smallest absolute Gasteiger partial charge is 0.143 e. The second-order valence-corrected chi connectivity index (χ2v) is 6.80. The number of hydrogen-bond donors (Lipinski definition) is 1. The third-order valence-electron chi connectivity index (χ3n) is 3.96. The molecule has 1 fully saturated rings. The monoisotopic (exact) mass is 277 g/mol. The predicted molar refractivity (Wildman–Crippen MR) is 81.9 cm³/mol. The zero-order valence-electron chi connectivity index (χ0n) is 11.7. The van der Waals surface area contributed by atoms with Crippen LogP contribution in [-0.4, -0.2) is 22.3 Å². The zero-order valence-corrected chi connectivity index (χ0v) is 12.6. The van der Waals surface area contributed by atoms with E-state index >= 15 is 0 Å². The highest BCUT2D eigenvalue weighted by Crippen LogP contribution is 2.39. The Morgan fingerprint density at radius 2 is 2.11 bits per heavy atom. The summed E-state index contributed by atoms with van der Waals surface area (Å²) in [7, 11) is 0. The SMILES string of the molecule is CCCNc1nc(C2CCCS2)nc2c1CCCC2. The fourth-order valence-electron chi connectivity index (χ4n) is 2.93. The summed E-state index contributed by atoms with van der Waals surface area (Å²) in [6.07, 6.45) is 8.57. The molecule has 0 saturated carbocycles. The predicted octanol–water partition coefficient (Wildman–Crippen LogP) is 3.75. The van der Waals surface area contributed by atoms with Gasteiger partial charge in [-0.2, -0.15) is 11.8 Å². The van der Waals surface area contributed by atoms with Gasteiger partial charge in [0.05, 0.1) is 5.25 Å². The molecule has 1 aromatic heterocycles. The van der Waals surface area contributed by atoms with E-state index in [1.54, 1.807) is 0 Å². The van der Waals surface area contributed by atoms with Crippen LogP contribution in [0.25, 0.3) is 0 Å². The Balaban J connectivity index is 1.92. The van der Waals surface area contributed by atoms with Crippen molar-refractivity contribution in [1.82, 2.24) is 9.97 Å². The topological polar surface area (TPSA) is 37.8 Å². The first-order chi connectivity index (χ1) is 9.38. The van der Waals surface area contributed by atoms with Gasteiger partial charge in [-0.3, -0.25) is 0 Å². The van der Waals surface area contributed by atoms with E-state index in [0.717, 1.165) is 37.4 Å². The van der Waals surface area contributed by atoms with E-state index < -0.39 is 0 Å². The van der Waals surface area contributed by atoms with E-state index in [9.17, 15) is 0 Å². The van der Waals surface area contributed by atoms with Crippen LogP contribution in [0, 0.1) is 0 Å². The van der Waals surface area contributed by atoms with Gasteiger partial charge in [0.25, 0.3) is 0 Å². The number of aryl methyl sites for hydroxylation is 1. The molecule has 1 aromatic rings. The summed E-state index contributed by atoms with van der Waals surface area (Å²) >= 11 is 2.03. The molecule has 0 spiro atoms. The molecule has 0 radical (unpaired) electrons. The summed E-state index contributed by atoms with van der Waals surface area (Å²) in [5.74, 6) is 3.49. The Bertz CT molecular complexity index is 441. The van der Waals surface area contributed by atoms with Gasteiger partial charge in [-0.15, -0.1) is 0 Å². The second-order valence-electron chi connectivity index (χ2n) is 5.49. The van der Waals surface area contributed by atoms with Gasteiger partial charge in [0.1, 0.15) is 11.6 Å². The molecule has 1 N–H and O–H groups in total. The first-order valence-electron chi connectivity index (χ1n) is 7.63. The molecule has 19 heavy (non-hydrogen) atoms. The highest BCUT2D eigenvalue weighted by molar-refractivity contribution is 7.99. The summed E-state index contributed by atoms with van der Waals surface area (Å²) in [5.41, 5.74) is 2.72. The van der Waals surface area contributed by atoms with Gasteiger partial charge < -0.3 is 5.32 Å². The molecule has 4 heteroatoms. The van der Waals surface area contributed by atoms with Gasteiger partial charge in [-0.05, 0) is 50.7 Å². The van der Waals surface area contributed by atoms with Crippen LogP contribution in [0.1, 0.15) is 61.4 Å². The van der Waals surface area contributed by atoms with Crippen molar-refractivity contribution < 1.29 is 0 Å². The fourth-order valence-corrected chi connectivity index (χ4v) is 4.13. The molecule has 1 unspecified atom stereocenters. The van der Waals surface area contributed by atoms with Crippen molar-refractivity contribution >= 4 is 17.6 Å². The summed E-state index contributed by atoms with van der Waals surface area (Å²) in [6, 6.07) is 0. The quantitative estimate of drug-likeness (QED) is 0.909. The minimum Gasteiger partial charge on any atom is -0.370 e. The van der Waals surface area contributed by atoms with E-state index in [1.165, 1.54) is 42.7 Å². The maximum atomic E-state index is 4.89. The molecular formula is C15H23N3S. The minimum atomic E-state index is 0.536. The average molecular weight is 277 g/mol. The Labute approximate surface area is 120 Å². The summed E-state index contributed by atoms with van der Waals surface area (Å²) in [5, 5.41) is 4.06. The molecule has 0 aromatic carbocycles. The minimum absolute atomic E-state index is 0.536. The molecule has 2 aliphatic rings. The number of anilines is 1. The Morgan fingerprint density at radius 1 is 1.21 bits per heavy atom. The lowest BCUT2D eigenvalue weighted by atomic mass is 9.96. The van der Waals surface area contributed by atoms with Crippen LogP contribution in [0.3, 0.4) is 0 Å². The van der Waals surface area contributed by atoms with Gasteiger partial charge in [0.15, 0.2) is 0 Å². The van der Waals surface area contributed by atoms with Crippen molar-refractivity contribution in [2.45, 2.75) is 57.1 Å². The Hall–Kier alpha value is -0.770. The first-order valence-corrected chi connectivity index (χ1v) is 8.68. The van der Waals surface area contributed by atoms with E-state index in [2.05, 4.69) is 12.2 Å². The molecule has 1 aliphatic heterocycles. The van der Waals surface area contributed by atoms with Crippen LogP contribution in [0.2, 0.25) is 0 Å². The van der Waals surface area contributed by atoms with Crippen molar-refractivity contribution in [3.05, 3.63) is 17.1 Å². The number of fused-ring (bicyclic) bond motifs is 1. The molecular weight excluding hydrogens is 254 g/mol. The molecule has 1 saturated heterocycles. The standard InChI is InChI=1S/C15H23N3S/c1-2-9-16-14-11-6-3-4-7-12(11)17-15(18-14)13-8-5-10-19-13/h13H,2-10H2,1H3,(H,16,17,18). The molecule has 2 heterocycles. The summed E-state index contributed by atoms with van der Waals surface area (Å²) in [6.45, 7) is 3.22. The molecule has 104 valence electrons. The molecule has 0 bridgehead atoms. The van der Waals surface area contributed by atoms with Crippen LogP contribution < -0.4 is 5.32 Å². The lowest BCUT2D eigenvalue weighted by molar-refractivity contribution is 0.649. The molecule has 1 atom stereocenters. The average Bonchev–Trinajstić information content (AvgIpc) is 2.98. The molecule has 3 nitrogen and oxygen atoms in total. The van der Waals surface area contributed by atoms with Crippen molar-refractivity contribution in [2.75, 3.05) is 17.6 Å². The van der Waals surface area contributed by atoms with E-state index in [4.69, 9.17) is 9.97 Å². The van der Waals surface area contributed by atoms with Crippen LogP contribution in [0.4, 0.5) is 5.82 Å². The molecule has 3 rings (SSSR count). The third-order valence-corrected chi connectivity index (χ3v) is 5.33. The number of aromatic nitrogens is 2. The lowest BCUT2D eigenvalue weighted by Crippen LogP contribution is -2.16. The van der Waals surface area contributed by atoms with Gasteiger partial charge in [-0.1, -0.05) is 6.92 Å². The van der Waals surface area contributed by atoms with Crippen molar-refractivity contribution in [3.8, 4) is 0 Å². The number of nitrogens with one attached hydrogen (secondary N) is 1. The third kappa shape index (κ3) is 2.88. The van der Waals surface area contributed by atoms with Gasteiger partial charge >= 0.3 is 0 Å². The summed E-state index contributed by atoms with van der Waals surface area (Å²) < 4.78 is 0. The van der Waals surface area contributed by atoms with E-state index in [0.29, 0.717) is 5.25 Å². The zero-order chi connectivity index (χ0) is 13.1. The van der Waals surface area contributed by atoms with Crippen LogP contribution >= 0.6 is 11.8 Å². The van der Waals surface area contributed by atoms with Gasteiger partial charge in [-0.25, -0.2) is 9.97 Å². The first kappa shape index (κ1) is 13.2. The van der Waals surface area contributed by atoms with Crippen LogP contribution in [-0.2, 0) is 12.8 Å². The van der Waals surface area contributed by atoms with Gasteiger partial charge in [0, 0.05) is 17.8 Å². The highest BCUT2D eigenvalue weighted by Gasteiger charge is 2.24. The number of thioether (sulfide) groups is 1. The lowest BCUT2D eigenvalue weighted by Gasteiger charge is -2.21. The maximum Gasteiger partial charge on any atom is 0.143 e. The molecule has 1 aliphatic carbocycles. The van der Waals surface area contributed by atoms with Crippen LogP contribution in [0.5, 0.6) is 0 Å². The maximum absolute atomic E-state index is 4.89. The fraction of sp³-hybridized carbons (Fsp3) is 0.733. The molecule has 0 amide bonds. The largest absolute Gasteiger partial charge is 0.370 e.